The number of nitrogens with zero attached hydrogens (tertiary/aromatic N) is 6. The zero-order valence-electron chi connectivity index (χ0n) is 15.8. The number of hydrogen-bond donors (Lipinski definition) is 3. The zero-order chi connectivity index (χ0) is 21.3. The van der Waals surface area contributed by atoms with Crippen molar-refractivity contribution in [2.45, 2.75) is 43.9 Å². The fourth-order valence-corrected chi connectivity index (χ4v) is 4.45. The number of hydroxylamine groups is 3. The molecule has 3 fully saturated rings. The van der Waals surface area contributed by atoms with Gasteiger partial charge in [0.1, 0.15) is 6.04 Å². The third kappa shape index (κ3) is 4.67. The molecule has 1 aromatic heterocycles. The molecule has 3 aliphatic heterocycles. The molecule has 0 aromatic carbocycles. The molecular weight excluding hydrogens is 424 g/mol. The summed E-state index contributed by atoms with van der Waals surface area (Å²) in [5.41, 5.74) is 2.37. The average Bonchev–Trinajstić information content (AvgIpc) is 3.40. The molecule has 4 rings (SSSR count). The van der Waals surface area contributed by atoms with E-state index in [1.165, 1.54) is 16.0 Å². The fourth-order valence-electron chi connectivity index (χ4n) is 4.06. The van der Waals surface area contributed by atoms with E-state index in [2.05, 4.69) is 30.5 Å². The van der Waals surface area contributed by atoms with E-state index >= 15 is 0 Å². The Morgan fingerprint density at radius 3 is 2.97 bits per heavy atom. The lowest BCUT2D eigenvalue weighted by Crippen LogP contribution is -2.50. The van der Waals surface area contributed by atoms with Crippen LogP contribution in [0, 0.1) is 5.92 Å². The first kappa shape index (κ1) is 20.9. The number of piperidine rings is 1. The summed E-state index contributed by atoms with van der Waals surface area (Å²) in [6.07, 6.45) is 2.85. The van der Waals surface area contributed by atoms with Crippen molar-refractivity contribution in [3.8, 4) is 0 Å². The number of fused-ring (bicyclic) bond motifs is 2. The van der Waals surface area contributed by atoms with Gasteiger partial charge in [-0.1, -0.05) is 0 Å². The van der Waals surface area contributed by atoms with Crippen LogP contribution in [0.1, 0.15) is 19.3 Å². The minimum Gasteiger partial charge on any atom is -0.311 e. The predicted molar refractivity (Wildman–Crippen MR) is 95.2 cm³/mol. The normalized spacial score (nSPS) is 28.9. The SMILES string of the molecule is O=C(NOC[C@H]1C[C@H](Cn2ncnn2)CN1)C1CCC2CN1C(=O)N2OS(=O)(=O)O. The van der Waals surface area contributed by atoms with Gasteiger partial charge in [-0.2, -0.15) is 18.3 Å². The van der Waals surface area contributed by atoms with Crippen LogP contribution in [0.2, 0.25) is 0 Å². The number of aromatic nitrogens is 4. The van der Waals surface area contributed by atoms with Crippen LogP contribution >= 0.6 is 0 Å². The Balaban J connectivity index is 1.22. The van der Waals surface area contributed by atoms with E-state index in [0.717, 1.165) is 13.0 Å². The summed E-state index contributed by atoms with van der Waals surface area (Å²) in [5.74, 6) is -0.188. The maximum Gasteiger partial charge on any atom is 0.418 e. The highest BCUT2D eigenvalue weighted by Gasteiger charge is 2.49. The largest absolute Gasteiger partial charge is 0.418 e. The Labute approximate surface area is 171 Å². The molecular formula is C14H22N8O7S. The number of urea groups is 1. The van der Waals surface area contributed by atoms with E-state index < -0.39 is 34.4 Å². The van der Waals surface area contributed by atoms with Crippen molar-refractivity contribution in [1.82, 2.24) is 41.0 Å². The number of hydrogen-bond acceptors (Lipinski definition) is 10. The summed E-state index contributed by atoms with van der Waals surface area (Å²) in [4.78, 5) is 32.9. The molecule has 4 atom stereocenters. The van der Waals surface area contributed by atoms with Gasteiger partial charge in [-0.15, -0.1) is 14.5 Å². The maximum atomic E-state index is 12.5. The highest BCUT2D eigenvalue weighted by molar-refractivity contribution is 7.80. The van der Waals surface area contributed by atoms with E-state index in [9.17, 15) is 18.0 Å². The Morgan fingerprint density at radius 2 is 2.23 bits per heavy atom. The Hall–Kier alpha value is -2.40. The van der Waals surface area contributed by atoms with Gasteiger partial charge in [0.05, 0.1) is 19.2 Å². The molecule has 0 saturated carbocycles. The minimum absolute atomic E-state index is 0.0432. The number of rotatable bonds is 8. The van der Waals surface area contributed by atoms with Crippen LogP contribution in [0.3, 0.4) is 0 Å². The van der Waals surface area contributed by atoms with E-state index in [4.69, 9.17) is 9.39 Å². The molecule has 3 saturated heterocycles. The van der Waals surface area contributed by atoms with Crippen molar-refractivity contribution < 1.29 is 31.7 Å². The predicted octanol–water partition coefficient (Wildman–Crippen LogP) is -2.30. The third-order valence-electron chi connectivity index (χ3n) is 5.38. The Bertz CT molecular complexity index is 881. The van der Waals surface area contributed by atoms with Crippen LogP contribution in [0.4, 0.5) is 4.79 Å². The van der Waals surface area contributed by atoms with Gasteiger partial charge in [0, 0.05) is 19.1 Å². The molecule has 3 aliphatic rings. The Morgan fingerprint density at radius 1 is 1.40 bits per heavy atom. The second-order valence-electron chi connectivity index (χ2n) is 7.48. The molecule has 0 aliphatic carbocycles. The first-order chi connectivity index (χ1) is 14.3. The summed E-state index contributed by atoms with van der Waals surface area (Å²) in [5, 5.41) is 15.4. The molecule has 166 valence electrons. The van der Waals surface area contributed by atoms with Crippen molar-refractivity contribution in [2.75, 3.05) is 19.7 Å². The molecule has 0 radical (unpaired) electrons. The maximum absolute atomic E-state index is 12.5. The second kappa shape index (κ2) is 8.38. The molecule has 0 spiro atoms. The molecule has 16 heteroatoms. The molecule has 30 heavy (non-hydrogen) atoms. The molecule has 2 bridgehead atoms. The molecule has 3 amide bonds. The standard InChI is InChI=1S/C14H22N8O7S/c23-13(12-2-1-11-6-20(12)14(24)22(11)29-30(25,26)27)18-28-7-10-3-9(4-15-10)5-21-17-8-16-19-21/h8-12,15H,1-7H2,(H,18,23)(H,25,26,27)/t9-,10+,11?,12?/m0/s1. The summed E-state index contributed by atoms with van der Waals surface area (Å²) in [6.45, 7) is 1.76. The number of tetrazole rings is 1. The van der Waals surface area contributed by atoms with E-state index in [-0.39, 0.29) is 19.2 Å². The van der Waals surface area contributed by atoms with Crippen LogP contribution in [0.15, 0.2) is 6.33 Å². The van der Waals surface area contributed by atoms with Crippen LogP contribution < -0.4 is 10.8 Å². The van der Waals surface area contributed by atoms with E-state index in [0.29, 0.717) is 30.4 Å². The van der Waals surface area contributed by atoms with Gasteiger partial charge in [-0.05, 0) is 30.4 Å². The van der Waals surface area contributed by atoms with E-state index in [1.807, 2.05) is 0 Å². The van der Waals surface area contributed by atoms with Gasteiger partial charge in [0.2, 0.25) is 0 Å². The molecule has 3 N–H and O–H groups in total. The van der Waals surface area contributed by atoms with Crippen LogP contribution in [-0.4, -0.2) is 92.9 Å². The summed E-state index contributed by atoms with van der Waals surface area (Å²) in [6, 6.07) is -2.12. The number of amides is 3. The van der Waals surface area contributed by atoms with Gasteiger partial charge in [-0.25, -0.2) is 10.3 Å². The van der Waals surface area contributed by atoms with Gasteiger partial charge < -0.3 is 10.2 Å². The fraction of sp³-hybridized carbons (Fsp3) is 0.786. The second-order valence-corrected chi connectivity index (χ2v) is 8.49. The number of carbonyl (C=O) groups excluding carboxylic acids is 2. The van der Waals surface area contributed by atoms with Crippen molar-refractivity contribution in [3.63, 3.8) is 0 Å². The van der Waals surface area contributed by atoms with Gasteiger partial charge in [0.15, 0.2) is 6.33 Å². The first-order valence-electron chi connectivity index (χ1n) is 9.43. The van der Waals surface area contributed by atoms with Crippen molar-refractivity contribution >= 4 is 22.3 Å². The average molecular weight is 446 g/mol. The highest BCUT2D eigenvalue weighted by Crippen LogP contribution is 2.30. The minimum atomic E-state index is -4.83. The van der Waals surface area contributed by atoms with Crippen LogP contribution in [-0.2, 0) is 30.9 Å². The number of nitrogens with one attached hydrogen (secondary N) is 2. The van der Waals surface area contributed by atoms with Gasteiger partial charge in [0.25, 0.3) is 5.91 Å². The van der Waals surface area contributed by atoms with Gasteiger partial charge in [-0.3, -0.25) is 14.2 Å². The summed E-state index contributed by atoms with van der Waals surface area (Å²) in [7, 11) is -4.83. The van der Waals surface area contributed by atoms with Crippen molar-refractivity contribution in [1.29, 1.82) is 0 Å². The topological polar surface area (TPSA) is 181 Å². The van der Waals surface area contributed by atoms with Crippen molar-refractivity contribution in [3.05, 3.63) is 6.33 Å². The highest BCUT2D eigenvalue weighted by atomic mass is 32.3. The van der Waals surface area contributed by atoms with Crippen LogP contribution in [0.25, 0.3) is 0 Å². The lowest BCUT2D eigenvalue weighted by molar-refractivity contribution is -0.139. The molecule has 1 aromatic rings. The zero-order valence-corrected chi connectivity index (χ0v) is 16.6. The molecule has 15 nitrogen and oxygen atoms in total. The first-order valence-corrected chi connectivity index (χ1v) is 10.8. The Kier molecular flexibility index (Phi) is 5.83. The lowest BCUT2D eigenvalue weighted by atomic mass is 10.0. The smallest absolute Gasteiger partial charge is 0.311 e. The van der Waals surface area contributed by atoms with Gasteiger partial charge >= 0.3 is 16.4 Å². The quantitative estimate of drug-likeness (QED) is 0.288. The van der Waals surface area contributed by atoms with Crippen LogP contribution in [0.5, 0.6) is 0 Å². The lowest BCUT2D eigenvalue weighted by Gasteiger charge is -2.29. The van der Waals surface area contributed by atoms with Crippen molar-refractivity contribution in [2.24, 2.45) is 5.92 Å². The third-order valence-corrected chi connectivity index (χ3v) is 5.73. The summed E-state index contributed by atoms with van der Waals surface area (Å²) < 4.78 is 35.0. The summed E-state index contributed by atoms with van der Waals surface area (Å²) >= 11 is 0. The molecule has 2 unspecified atom stereocenters. The van der Waals surface area contributed by atoms with E-state index in [1.54, 1.807) is 0 Å². The number of carbonyl (C=O) groups is 2. The molecule has 4 heterocycles. The monoisotopic (exact) mass is 446 g/mol.